The van der Waals surface area contributed by atoms with Crippen LogP contribution in [0.15, 0.2) is 12.2 Å². The molecule has 0 unspecified atom stereocenters. The van der Waals surface area contributed by atoms with Crippen molar-refractivity contribution in [2.24, 2.45) is 5.92 Å². The summed E-state index contributed by atoms with van der Waals surface area (Å²) in [6, 6.07) is 0. The second-order valence-electron chi connectivity index (χ2n) is 3.91. The summed E-state index contributed by atoms with van der Waals surface area (Å²) >= 11 is 0. The molecule has 0 amide bonds. The zero-order chi connectivity index (χ0) is 13.3. The molecule has 0 spiro atoms. The number of rotatable bonds is 8. The quantitative estimate of drug-likeness (QED) is 0.373. The first-order valence-corrected chi connectivity index (χ1v) is 6.00. The van der Waals surface area contributed by atoms with Crippen LogP contribution < -0.4 is 0 Å². The van der Waals surface area contributed by atoms with E-state index in [1.807, 2.05) is 6.92 Å². The average molecular weight is 242 g/mol. The third kappa shape index (κ3) is 6.76. The summed E-state index contributed by atoms with van der Waals surface area (Å²) in [4.78, 5) is 23.2. The van der Waals surface area contributed by atoms with Gasteiger partial charge >= 0.3 is 11.9 Å². The van der Waals surface area contributed by atoms with Crippen LogP contribution in [-0.2, 0) is 19.1 Å². The van der Waals surface area contributed by atoms with E-state index in [2.05, 4.69) is 6.58 Å². The summed E-state index contributed by atoms with van der Waals surface area (Å²) < 4.78 is 9.73. The molecule has 0 aliphatic carbocycles. The van der Waals surface area contributed by atoms with Gasteiger partial charge in [0, 0.05) is 0 Å². The molecule has 0 saturated heterocycles. The Balaban J connectivity index is 4.34. The Kier molecular flexibility index (Phi) is 8.11. The van der Waals surface area contributed by atoms with Gasteiger partial charge in [-0.15, -0.1) is 6.58 Å². The maximum Gasteiger partial charge on any atom is 0.320 e. The van der Waals surface area contributed by atoms with Gasteiger partial charge in [0.2, 0.25) is 0 Å². The van der Waals surface area contributed by atoms with Gasteiger partial charge in [-0.25, -0.2) is 0 Å². The molecule has 0 heterocycles. The molecule has 0 aromatic rings. The Morgan fingerprint density at radius 3 is 1.94 bits per heavy atom. The van der Waals surface area contributed by atoms with Crippen LogP contribution in [0, 0.1) is 5.92 Å². The zero-order valence-corrected chi connectivity index (χ0v) is 11.0. The van der Waals surface area contributed by atoms with E-state index >= 15 is 0 Å². The van der Waals surface area contributed by atoms with Crippen LogP contribution in [-0.4, -0.2) is 25.2 Å². The van der Waals surface area contributed by atoms with Gasteiger partial charge in [-0.2, -0.15) is 0 Å². The molecule has 4 heteroatoms. The molecule has 0 fully saturated rings. The van der Waals surface area contributed by atoms with Gasteiger partial charge in [0.25, 0.3) is 0 Å². The first-order valence-electron chi connectivity index (χ1n) is 6.00. The van der Waals surface area contributed by atoms with Gasteiger partial charge in [-0.1, -0.05) is 5.57 Å². The second-order valence-corrected chi connectivity index (χ2v) is 3.91. The van der Waals surface area contributed by atoms with Crippen molar-refractivity contribution < 1.29 is 19.1 Å². The first kappa shape index (κ1) is 15.7. The molecule has 0 rings (SSSR count). The highest BCUT2D eigenvalue weighted by atomic mass is 16.6. The molecule has 98 valence electrons. The summed E-state index contributed by atoms with van der Waals surface area (Å²) in [5, 5.41) is 0. The standard InChI is InChI=1S/C13H22O4/c1-5-16-12(14)11(13(15)17-6-2)9-7-8-10(3)4/h11H,3,5-9H2,1-2,4H3. The van der Waals surface area contributed by atoms with Gasteiger partial charge in [-0.3, -0.25) is 9.59 Å². The number of allylic oxidation sites excluding steroid dienone is 1. The minimum absolute atomic E-state index is 0.273. The van der Waals surface area contributed by atoms with Gasteiger partial charge in [0.05, 0.1) is 13.2 Å². The van der Waals surface area contributed by atoms with E-state index < -0.39 is 17.9 Å². The van der Waals surface area contributed by atoms with E-state index in [-0.39, 0.29) is 13.2 Å². The number of hydrogen-bond acceptors (Lipinski definition) is 4. The maximum atomic E-state index is 11.6. The predicted octanol–water partition coefficient (Wildman–Crippen LogP) is 2.48. The number of ether oxygens (including phenoxy) is 2. The monoisotopic (exact) mass is 242 g/mol. The number of hydrogen-bond donors (Lipinski definition) is 0. The van der Waals surface area contributed by atoms with Crippen molar-refractivity contribution >= 4 is 11.9 Å². The molecular weight excluding hydrogens is 220 g/mol. The van der Waals surface area contributed by atoms with Crippen LogP contribution in [0.4, 0.5) is 0 Å². The lowest BCUT2D eigenvalue weighted by atomic mass is 10.0. The van der Waals surface area contributed by atoms with Crippen molar-refractivity contribution in [3.63, 3.8) is 0 Å². The highest BCUT2D eigenvalue weighted by molar-refractivity contribution is 5.94. The Hall–Kier alpha value is -1.32. The molecule has 0 aliphatic rings. The SMILES string of the molecule is C=C(C)CCCC(C(=O)OCC)C(=O)OCC. The molecule has 0 radical (unpaired) electrons. The molecule has 4 nitrogen and oxygen atoms in total. The lowest BCUT2D eigenvalue weighted by Crippen LogP contribution is -2.28. The number of carbonyl (C=O) groups excluding carboxylic acids is 2. The minimum atomic E-state index is -0.797. The molecule has 0 atom stereocenters. The van der Waals surface area contributed by atoms with Crippen molar-refractivity contribution in [1.82, 2.24) is 0 Å². The van der Waals surface area contributed by atoms with Crippen molar-refractivity contribution in [2.75, 3.05) is 13.2 Å². The fourth-order valence-corrected chi connectivity index (χ4v) is 1.43. The molecule has 0 bridgehead atoms. The summed E-state index contributed by atoms with van der Waals surface area (Å²) in [5.41, 5.74) is 1.04. The molecule has 0 N–H and O–H groups in total. The number of carbonyl (C=O) groups is 2. The molecule has 0 aromatic heterocycles. The van der Waals surface area contributed by atoms with Crippen LogP contribution in [0.1, 0.15) is 40.0 Å². The lowest BCUT2D eigenvalue weighted by molar-refractivity contribution is -0.161. The topological polar surface area (TPSA) is 52.6 Å². The Morgan fingerprint density at radius 2 is 1.59 bits per heavy atom. The van der Waals surface area contributed by atoms with Crippen LogP contribution in [0.25, 0.3) is 0 Å². The third-order valence-electron chi connectivity index (χ3n) is 2.24. The average Bonchev–Trinajstić information content (AvgIpc) is 2.24. The highest BCUT2D eigenvalue weighted by Gasteiger charge is 2.28. The maximum absolute atomic E-state index is 11.6. The van der Waals surface area contributed by atoms with E-state index in [4.69, 9.17) is 9.47 Å². The van der Waals surface area contributed by atoms with E-state index in [1.165, 1.54) is 0 Å². The predicted molar refractivity (Wildman–Crippen MR) is 65.4 cm³/mol. The van der Waals surface area contributed by atoms with Gasteiger partial charge in [0.15, 0.2) is 5.92 Å². The fraction of sp³-hybridized carbons (Fsp3) is 0.692. The van der Waals surface area contributed by atoms with E-state index in [0.29, 0.717) is 6.42 Å². The summed E-state index contributed by atoms with van der Waals surface area (Å²) in [5.74, 6) is -1.78. The first-order chi connectivity index (χ1) is 8.02. The van der Waals surface area contributed by atoms with E-state index in [9.17, 15) is 9.59 Å². The van der Waals surface area contributed by atoms with Crippen LogP contribution >= 0.6 is 0 Å². The van der Waals surface area contributed by atoms with Crippen molar-refractivity contribution in [1.29, 1.82) is 0 Å². The summed E-state index contributed by atoms with van der Waals surface area (Å²) in [7, 11) is 0. The fourth-order valence-electron chi connectivity index (χ4n) is 1.43. The summed E-state index contributed by atoms with van der Waals surface area (Å²) in [6.07, 6.45) is 1.98. The van der Waals surface area contributed by atoms with Gasteiger partial charge in [-0.05, 0) is 40.0 Å². The number of esters is 2. The minimum Gasteiger partial charge on any atom is -0.465 e. The molecule has 0 aliphatic heterocycles. The third-order valence-corrected chi connectivity index (χ3v) is 2.24. The van der Waals surface area contributed by atoms with Gasteiger partial charge in [0.1, 0.15) is 0 Å². The van der Waals surface area contributed by atoms with Crippen LogP contribution in [0.5, 0.6) is 0 Å². The zero-order valence-electron chi connectivity index (χ0n) is 11.0. The Labute approximate surface area is 103 Å². The van der Waals surface area contributed by atoms with Crippen molar-refractivity contribution in [3.8, 4) is 0 Å². The normalized spacial score (nSPS) is 10.1. The Bertz CT molecular complexity index is 253. The van der Waals surface area contributed by atoms with Crippen molar-refractivity contribution in [2.45, 2.75) is 40.0 Å². The molecule has 0 saturated carbocycles. The smallest absolute Gasteiger partial charge is 0.320 e. The van der Waals surface area contributed by atoms with Gasteiger partial charge < -0.3 is 9.47 Å². The molecule has 0 aromatic carbocycles. The van der Waals surface area contributed by atoms with E-state index in [1.54, 1.807) is 13.8 Å². The highest BCUT2D eigenvalue weighted by Crippen LogP contribution is 2.15. The lowest BCUT2D eigenvalue weighted by Gasteiger charge is -2.14. The Morgan fingerprint density at radius 1 is 1.12 bits per heavy atom. The summed E-state index contributed by atoms with van der Waals surface area (Å²) in [6.45, 7) is 9.68. The van der Waals surface area contributed by atoms with E-state index in [0.717, 1.165) is 18.4 Å². The van der Waals surface area contributed by atoms with Crippen LogP contribution in [0.2, 0.25) is 0 Å². The largest absolute Gasteiger partial charge is 0.465 e. The molecular formula is C13H22O4. The second kappa shape index (κ2) is 8.79. The van der Waals surface area contributed by atoms with Crippen molar-refractivity contribution in [3.05, 3.63) is 12.2 Å². The van der Waals surface area contributed by atoms with Crippen LogP contribution in [0.3, 0.4) is 0 Å². The molecule has 17 heavy (non-hydrogen) atoms.